The van der Waals surface area contributed by atoms with Gasteiger partial charge >= 0.3 is 6.09 Å². The molecule has 2 amide bonds. The van der Waals surface area contributed by atoms with Crippen LogP contribution in [0.4, 0.5) is 10.5 Å². The van der Waals surface area contributed by atoms with Gasteiger partial charge in [-0.2, -0.15) is 0 Å². The van der Waals surface area contributed by atoms with E-state index in [-0.39, 0.29) is 12.5 Å². The first-order chi connectivity index (χ1) is 12.8. The molecule has 8 heteroatoms. The molecule has 0 fully saturated rings. The van der Waals surface area contributed by atoms with Crippen LogP contribution in [-0.2, 0) is 16.0 Å². The van der Waals surface area contributed by atoms with Crippen LogP contribution in [0.1, 0.15) is 26.3 Å². The van der Waals surface area contributed by atoms with Crippen LogP contribution in [0.2, 0.25) is 0 Å². The summed E-state index contributed by atoms with van der Waals surface area (Å²) in [6.45, 7) is 7.12. The number of nitrogens with zero attached hydrogens (tertiary/aromatic N) is 2. The van der Waals surface area contributed by atoms with Crippen LogP contribution >= 0.6 is 0 Å². The van der Waals surface area contributed by atoms with E-state index < -0.39 is 11.7 Å². The minimum Gasteiger partial charge on any atom is -0.444 e. The Labute approximate surface area is 160 Å². The number of hydrogen-bond donors (Lipinski definition) is 3. The second kappa shape index (κ2) is 9.25. The summed E-state index contributed by atoms with van der Waals surface area (Å²) in [7, 11) is 1.63. The Balaban J connectivity index is 1.70. The monoisotopic (exact) mass is 375 g/mol. The fraction of sp³-hybridized carbons (Fsp3) is 0.526. The fourth-order valence-electron chi connectivity index (χ4n) is 2.73. The van der Waals surface area contributed by atoms with Crippen molar-refractivity contribution in [2.45, 2.75) is 32.8 Å². The van der Waals surface area contributed by atoms with Gasteiger partial charge in [-0.1, -0.05) is 18.2 Å². The van der Waals surface area contributed by atoms with Crippen molar-refractivity contribution in [1.82, 2.24) is 16.0 Å². The predicted molar refractivity (Wildman–Crippen MR) is 106 cm³/mol. The number of amides is 2. The minimum absolute atomic E-state index is 0.00483. The first kappa shape index (κ1) is 20.5. The highest BCUT2D eigenvalue weighted by molar-refractivity contribution is 5.98. The first-order valence-electron chi connectivity index (χ1n) is 9.10. The molecule has 1 heterocycles. The van der Waals surface area contributed by atoms with Gasteiger partial charge in [0.1, 0.15) is 5.60 Å². The van der Waals surface area contributed by atoms with Crippen LogP contribution in [0.25, 0.3) is 0 Å². The van der Waals surface area contributed by atoms with Crippen molar-refractivity contribution in [3.63, 3.8) is 0 Å². The Kier molecular flexibility index (Phi) is 7.04. The van der Waals surface area contributed by atoms with Crippen molar-refractivity contribution in [1.29, 1.82) is 0 Å². The van der Waals surface area contributed by atoms with Gasteiger partial charge in [0.25, 0.3) is 0 Å². The summed E-state index contributed by atoms with van der Waals surface area (Å²) in [5.74, 6) is 0.497. The molecule has 0 atom stereocenters. The van der Waals surface area contributed by atoms with Crippen molar-refractivity contribution >= 4 is 23.6 Å². The molecule has 1 aliphatic heterocycles. The van der Waals surface area contributed by atoms with Crippen LogP contribution < -0.4 is 20.9 Å². The standard InChI is InChI=1S/C19H29N5O3/c1-19(2,3)27-18(26)22-11-10-21-17(20-4)23-13-16(25)24-12-9-14-7-5-6-8-15(14)24/h5-8H,9-13H2,1-4H3,(H,22,26)(H2,20,21,23). The van der Waals surface area contributed by atoms with Gasteiger partial charge in [-0.05, 0) is 38.8 Å². The number of ether oxygens (including phenoxy) is 1. The molecule has 0 saturated carbocycles. The summed E-state index contributed by atoms with van der Waals surface area (Å²) in [5.41, 5.74) is 1.65. The van der Waals surface area contributed by atoms with Gasteiger partial charge in [0.15, 0.2) is 5.96 Å². The molecule has 27 heavy (non-hydrogen) atoms. The molecule has 0 saturated heterocycles. The van der Waals surface area contributed by atoms with E-state index in [1.807, 2.05) is 45.0 Å². The number of fused-ring (bicyclic) bond motifs is 1. The lowest BCUT2D eigenvalue weighted by Crippen LogP contribution is -2.46. The first-order valence-corrected chi connectivity index (χ1v) is 9.10. The maximum Gasteiger partial charge on any atom is 0.407 e. The third-order valence-electron chi connectivity index (χ3n) is 3.90. The highest BCUT2D eigenvalue weighted by atomic mass is 16.6. The molecule has 1 aliphatic rings. The molecule has 0 spiro atoms. The third-order valence-corrected chi connectivity index (χ3v) is 3.90. The number of rotatable bonds is 5. The van der Waals surface area contributed by atoms with Gasteiger partial charge < -0.3 is 25.6 Å². The highest BCUT2D eigenvalue weighted by Gasteiger charge is 2.23. The van der Waals surface area contributed by atoms with Gasteiger partial charge in [-0.25, -0.2) is 4.79 Å². The van der Waals surface area contributed by atoms with Crippen LogP contribution in [0.3, 0.4) is 0 Å². The van der Waals surface area contributed by atoms with Gasteiger partial charge in [0.2, 0.25) is 5.91 Å². The van der Waals surface area contributed by atoms with Crippen molar-refractivity contribution in [3.05, 3.63) is 29.8 Å². The summed E-state index contributed by atoms with van der Waals surface area (Å²) in [4.78, 5) is 29.9. The molecule has 0 aromatic heterocycles. The molecular formula is C19H29N5O3. The normalized spacial score (nSPS) is 13.8. The minimum atomic E-state index is -0.524. The third kappa shape index (κ3) is 6.47. The lowest BCUT2D eigenvalue weighted by atomic mass is 10.2. The molecule has 0 radical (unpaired) electrons. The molecule has 0 bridgehead atoms. The van der Waals surface area contributed by atoms with Crippen LogP contribution in [0.15, 0.2) is 29.3 Å². The number of carbonyl (C=O) groups excluding carboxylic acids is 2. The van der Waals surface area contributed by atoms with E-state index in [4.69, 9.17) is 4.74 Å². The average Bonchev–Trinajstić information content (AvgIpc) is 3.03. The molecule has 3 N–H and O–H groups in total. The number of hydrogen-bond acceptors (Lipinski definition) is 4. The quantitative estimate of drug-likeness (QED) is 0.409. The van der Waals surface area contributed by atoms with Crippen molar-refractivity contribution < 1.29 is 14.3 Å². The smallest absolute Gasteiger partial charge is 0.407 e. The Morgan fingerprint density at radius 3 is 2.56 bits per heavy atom. The van der Waals surface area contributed by atoms with E-state index in [0.29, 0.717) is 25.6 Å². The van der Waals surface area contributed by atoms with Gasteiger partial charge in [0.05, 0.1) is 6.54 Å². The maximum atomic E-state index is 12.5. The topological polar surface area (TPSA) is 95.1 Å². The lowest BCUT2D eigenvalue weighted by molar-refractivity contribution is -0.117. The van der Waals surface area contributed by atoms with E-state index in [0.717, 1.165) is 12.1 Å². The summed E-state index contributed by atoms with van der Waals surface area (Å²) in [6, 6.07) is 7.95. The Hall–Kier alpha value is -2.77. The molecule has 0 unspecified atom stereocenters. The average molecular weight is 375 g/mol. The second-order valence-electron chi connectivity index (χ2n) is 7.21. The Morgan fingerprint density at radius 2 is 1.85 bits per heavy atom. The summed E-state index contributed by atoms with van der Waals surface area (Å²) in [5, 5.41) is 8.72. The fourth-order valence-corrected chi connectivity index (χ4v) is 2.73. The number of anilines is 1. The number of nitrogens with one attached hydrogen (secondary N) is 3. The van der Waals surface area contributed by atoms with E-state index in [1.54, 1.807) is 11.9 Å². The Bertz CT molecular complexity index is 697. The Morgan fingerprint density at radius 1 is 1.15 bits per heavy atom. The van der Waals surface area contributed by atoms with Gasteiger partial charge in [-0.3, -0.25) is 9.79 Å². The molecular weight excluding hydrogens is 346 g/mol. The summed E-state index contributed by atoms with van der Waals surface area (Å²) < 4.78 is 5.16. The van der Waals surface area contributed by atoms with Gasteiger partial charge in [-0.15, -0.1) is 0 Å². The SMILES string of the molecule is CN=C(NCCNC(=O)OC(C)(C)C)NCC(=O)N1CCc2ccccc21. The van der Waals surface area contributed by atoms with Crippen LogP contribution in [0.5, 0.6) is 0 Å². The molecule has 8 nitrogen and oxygen atoms in total. The van der Waals surface area contributed by atoms with E-state index in [1.165, 1.54) is 5.56 Å². The number of carbonyl (C=O) groups is 2. The van der Waals surface area contributed by atoms with Crippen molar-refractivity contribution in [2.75, 3.05) is 38.1 Å². The number of aliphatic imine (C=N–C) groups is 1. The molecule has 148 valence electrons. The molecule has 1 aromatic carbocycles. The lowest BCUT2D eigenvalue weighted by Gasteiger charge is -2.20. The number of para-hydroxylation sites is 1. The van der Waals surface area contributed by atoms with Crippen LogP contribution in [0, 0.1) is 0 Å². The zero-order valence-corrected chi connectivity index (χ0v) is 16.5. The van der Waals surface area contributed by atoms with E-state index in [2.05, 4.69) is 20.9 Å². The van der Waals surface area contributed by atoms with Crippen molar-refractivity contribution in [3.8, 4) is 0 Å². The molecule has 1 aromatic rings. The van der Waals surface area contributed by atoms with Crippen LogP contribution in [-0.4, -0.2) is 56.8 Å². The molecule has 2 rings (SSSR count). The molecule has 0 aliphatic carbocycles. The number of guanidine groups is 1. The zero-order chi connectivity index (χ0) is 19.9. The second-order valence-corrected chi connectivity index (χ2v) is 7.21. The zero-order valence-electron chi connectivity index (χ0n) is 16.5. The predicted octanol–water partition coefficient (Wildman–Crippen LogP) is 1.27. The highest BCUT2D eigenvalue weighted by Crippen LogP contribution is 2.27. The largest absolute Gasteiger partial charge is 0.444 e. The summed E-state index contributed by atoms with van der Waals surface area (Å²) in [6.07, 6.45) is 0.417. The summed E-state index contributed by atoms with van der Waals surface area (Å²) >= 11 is 0. The van der Waals surface area contributed by atoms with Gasteiger partial charge in [0, 0.05) is 32.4 Å². The van der Waals surface area contributed by atoms with E-state index in [9.17, 15) is 9.59 Å². The number of alkyl carbamates (subject to hydrolysis) is 1. The van der Waals surface area contributed by atoms with Crippen molar-refractivity contribution in [2.24, 2.45) is 4.99 Å². The van der Waals surface area contributed by atoms with E-state index >= 15 is 0 Å². The maximum absolute atomic E-state index is 12.5. The number of benzene rings is 1.